The van der Waals surface area contributed by atoms with Gasteiger partial charge in [0, 0.05) is 5.39 Å². The summed E-state index contributed by atoms with van der Waals surface area (Å²) >= 11 is 0. The summed E-state index contributed by atoms with van der Waals surface area (Å²) < 4.78 is 0. The highest BCUT2D eigenvalue weighted by molar-refractivity contribution is 6.01. The minimum absolute atomic E-state index is 0.374. The Balaban J connectivity index is 1.95. The number of nitrogens with zero attached hydrogens (tertiary/aromatic N) is 1. The number of rotatable bonds is 4. The summed E-state index contributed by atoms with van der Waals surface area (Å²) in [6.45, 7) is 3.76. The van der Waals surface area contributed by atoms with Crippen molar-refractivity contribution in [3.8, 4) is 0 Å². The summed E-state index contributed by atoms with van der Waals surface area (Å²) in [4.78, 5) is 29.0. The number of carbonyl (C=O) groups excluding carboxylic acids is 2. The van der Waals surface area contributed by atoms with Crippen LogP contribution in [0.1, 0.15) is 33.2 Å². The molecular formula is C20H19N3O2. The van der Waals surface area contributed by atoms with Gasteiger partial charge in [0.25, 0.3) is 5.91 Å². The molecule has 0 bridgehead atoms. The van der Waals surface area contributed by atoms with Crippen LogP contribution in [0.15, 0.2) is 54.6 Å². The van der Waals surface area contributed by atoms with Gasteiger partial charge in [-0.2, -0.15) is 0 Å². The number of amides is 2. The van der Waals surface area contributed by atoms with Gasteiger partial charge in [-0.25, -0.2) is 0 Å². The van der Waals surface area contributed by atoms with Crippen molar-refractivity contribution >= 4 is 22.7 Å². The zero-order chi connectivity index (χ0) is 18.0. The molecule has 3 aromatic rings. The molecule has 3 rings (SSSR count). The van der Waals surface area contributed by atoms with E-state index in [1.54, 1.807) is 37.3 Å². The van der Waals surface area contributed by atoms with Gasteiger partial charge in [-0.15, -0.1) is 0 Å². The lowest BCUT2D eigenvalue weighted by Crippen LogP contribution is -2.37. The number of carbonyl (C=O) groups is 2. The summed E-state index contributed by atoms with van der Waals surface area (Å²) in [6, 6.07) is 15.7. The van der Waals surface area contributed by atoms with Gasteiger partial charge < -0.3 is 11.1 Å². The Kier molecular flexibility index (Phi) is 4.48. The standard InChI is InChI=1S/C20H19N3O2/c1-12-8-9-17-15(10-12)11-16(13(2)22-17)20(25)23-18(19(21)24)14-6-4-3-5-7-14/h3-11,18H,1-2H3,(H2,21,24)(H,23,25). The fourth-order valence-electron chi connectivity index (χ4n) is 2.80. The molecule has 5 heteroatoms. The van der Waals surface area contributed by atoms with Crippen molar-refractivity contribution in [2.24, 2.45) is 5.73 Å². The number of nitrogens with one attached hydrogen (secondary N) is 1. The van der Waals surface area contributed by atoms with Gasteiger partial charge in [-0.05, 0) is 37.6 Å². The first-order valence-electron chi connectivity index (χ1n) is 7.99. The van der Waals surface area contributed by atoms with Crippen molar-refractivity contribution in [3.05, 3.63) is 77.0 Å². The molecule has 0 aliphatic carbocycles. The van der Waals surface area contributed by atoms with E-state index in [0.29, 0.717) is 16.8 Å². The lowest BCUT2D eigenvalue weighted by Gasteiger charge is -2.17. The molecule has 0 aliphatic heterocycles. The average molecular weight is 333 g/mol. The van der Waals surface area contributed by atoms with Crippen molar-refractivity contribution in [2.75, 3.05) is 0 Å². The highest BCUT2D eigenvalue weighted by atomic mass is 16.2. The van der Waals surface area contributed by atoms with Crippen LogP contribution in [-0.4, -0.2) is 16.8 Å². The van der Waals surface area contributed by atoms with Crippen LogP contribution in [-0.2, 0) is 4.79 Å². The molecule has 2 aromatic carbocycles. The molecule has 0 radical (unpaired) electrons. The highest BCUT2D eigenvalue weighted by Crippen LogP contribution is 2.19. The molecule has 25 heavy (non-hydrogen) atoms. The zero-order valence-electron chi connectivity index (χ0n) is 14.1. The number of aromatic nitrogens is 1. The molecular weight excluding hydrogens is 314 g/mol. The molecule has 2 amide bonds. The first-order valence-corrected chi connectivity index (χ1v) is 7.99. The van der Waals surface area contributed by atoms with Crippen LogP contribution >= 0.6 is 0 Å². The second-order valence-electron chi connectivity index (χ2n) is 6.04. The van der Waals surface area contributed by atoms with E-state index in [-0.39, 0.29) is 5.91 Å². The van der Waals surface area contributed by atoms with Crippen molar-refractivity contribution in [2.45, 2.75) is 19.9 Å². The van der Waals surface area contributed by atoms with Crippen LogP contribution in [0.3, 0.4) is 0 Å². The lowest BCUT2D eigenvalue weighted by atomic mass is 10.0. The Bertz CT molecular complexity index is 952. The lowest BCUT2D eigenvalue weighted by molar-refractivity contribution is -0.120. The first-order chi connectivity index (χ1) is 12.0. The maximum Gasteiger partial charge on any atom is 0.254 e. The summed E-state index contributed by atoms with van der Waals surface area (Å²) in [5.41, 5.74) is 9.07. The number of aryl methyl sites for hydroxylation is 2. The molecule has 1 atom stereocenters. The van der Waals surface area contributed by atoms with E-state index in [2.05, 4.69) is 10.3 Å². The number of benzene rings is 2. The predicted octanol–water partition coefficient (Wildman–Crippen LogP) is 2.81. The summed E-state index contributed by atoms with van der Waals surface area (Å²) in [5, 5.41) is 3.60. The predicted molar refractivity (Wildman–Crippen MR) is 97.1 cm³/mol. The Morgan fingerprint density at radius 2 is 1.76 bits per heavy atom. The van der Waals surface area contributed by atoms with Crippen molar-refractivity contribution < 1.29 is 9.59 Å². The number of hydrogen-bond acceptors (Lipinski definition) is 3. The van der Waals surface area contributed by atoms with Gasteiger partial charge in [-0.1, -0.05) is 42.0 Å². The van der Waals surface area contributed by atoms with Crippen LogP contribution in [0.5, 0.6) is 0 Å². The largest absolute Gasteiger partial charge is 0.368 e. The number of pyridine rings is 1. The Morgan fingerprint density at radius 3 is 2.44 bits per heavy atom. The molecule has 0 saturated carbocycles. The molecule has 0 fully saturated rings. The van der Waals surface area contributed by atoms with Crippen LogP contribution < -0.4 is 11.1 Å². The van der Waals surface area contributed by atoms with Gasteiger partial charge >= 0.3 is 0 Å². The van der Waals surface area contributed by atoms with Gasteiger partial charge in [0.05, 0.1) is 16.8 Å². The SMILES string of the molecule is Cc1ccc2nc(C)c(C(=O)NC(C(N)=O)c3ccccc3)cc2c1. The van der Waals surface area contributed by atoms with Crippen LogP contribution in [0.2, 0.25) is 0 Å². The molecule has 3 N–H and O–H groups in total. The van der Waals surface area contributed by atoms with Crippen LogP contribution in [0.25, 0.3) is 10.9 Å². The fraction of sp³-hybridized carbons (Fsp3) is 0.150. The van der Waals surface area contributed by atoms with Crippen molar-refractivity contribution in [1.29, 1.82) is 0 Å². The summed E-state index contributed by atoms with van der Waals surface area (Å²) in [6.07, 6.45) is 0. The molecule has 0 spiro atoms. The summed E-state index contributed by atoms with van der Waals surface area (Å²) in [5.74, 6) is -0.983. The van der Waals surface area contributed by atoms with Crippen LogP contribution in [0, 0.1) is 13.8 Å². The van der Waals surface area contributed by atoms with E-state index in [1.807, 2.05) is 31.2 Å². The first kappa shape index (κ1) is 16.6. The maximum absolute atomic E-state index is 12.7. The van der Waals surface area contributed by atoms with E-state index < -0.39 is 11.9 Å². The normalized spacial score (nSPS) is 11.9. The Morgan fingerprint density at radius 1 is 1.04 bits per heavy atom. The highest BCUT2D eigenvalue weighted by Gasteiger charge is 2.22. The Labute approximate surface area is 145 Å². The van der Waals surface area contributed by atoms with E-state index >= 15 is 0 Å². The van der Waals surface area contributed by atoms with E-state index in [1.165, 1.54) is 0 Å². The van der Waals surface area contributed by atoms with E-state index in [0.717, 1.165) is 16.5 Å². The third-order valence-electron chi connectivity index (χ3n) is 4.10. The monoisotopic (exact) mass is 333 g/mol. The molecule has 126 valence electrons. The maximum atomic E-state index is 12.7. The molecule has 5 nitrogen and oxygen atoms in total. The topological polar surface area (TPSA) is 85.1 Å². The van der Waals surface area contributed by atoms with Crippen molar-refractivity contribution in [3.63, 3.8) is 0 Å². The summed E-state index contributed by atoms with van der Waals surface area (Å²) in [7, 11) is 0. The molecule has 0 aliphatic rings. The minimum atomic E-state index is -0.888. The number of hydrogen-bond donors (Lipinski definition) is 2. The van der Waals surface area contributed by atoms with E-state index in [9.17, 15) is 9.59 Å². The van der Waals surface area contributed by atoms with Crippen LogP contribution in [0.4, 0.5) is 0 Å². The Hall–Kier alpha value is -3.21. The second kappa shape index (κ2) is 6.73. The molecule has 1 aromatic heterocycles. The van der Waals surface area contributed by atoms with Gasteiger partial charge in [0.2, 0.25) is 5.91 Å². The molecule has 0 saturated heterocycles. The van der Waals surface area contributed by atoms with Gasteiger partial charge in [0.1, 0.15) is 6.04 Å². The number of fused-ring (bicyclic) bond motifs is 1. The average Bonchev–Trinajstić information content (AvgIpc) is 2.59. The van der Waals surface area contributed by atoms with Crippen molar-refractivity contribution in [1.82, 2.24) is 10.3 Å². The van der Waals surface area contributed by atoms with E-state index in [4.69, 9.17) is 5.73 Å². The zero-order valence-corrected chi connectivity index (χ0v) is 14.1. The third-order valence-corrected chi connectivity index (χ3v) is 4.10. The van der Waals surface area contributed by atoms with Gasteiger partial charge in [0.15, 0.2) is 0 Å². The number of primary amides is 1. The molecule has 1 heterocycles. The second-order valence-corrected chi connectivity index (χ2v) is 6.04. The third kappa shape index (κ3) is 3.50. The number of nitrogens with two attached hydrogens (primary N) is 1. The quantitative estimate of drug-likeness (QED) is 0.770. The smallest absolute Gasteiger partial charge is 0.254 e. The van der Waals surface area contributed by atoms with Gasteiger partial charge in [-0.3, -0.25) is 14.6 Å². The fourth-order valence-corrected chi connectivity index (χ4v) is 2.80. The minimum Gasteiger partial charge on any atom is -0.368 e. The molecule has 1 unspecified atom stereocenters.